The molecule has 3 aliphatic heterocycles. The number of anilines is 1. The fraction of sp³-hybridized carbons (Fsp3) is 0.458. The van der Waals surface area contributed by atoms with Crippen molar-refractivity contribution in [2.24, 2.45) is 0 Å². The second kappa shape index (κ2) is 29.7. The molecule has 1 saturated heterocycles. The molecule has 0 aliphatic carbocycles. The average Bonchev–Trinajstić information content (AvgIpc) is 1.53. The van der Waals surface area contributed by atoms with Crippen LogP contribution in [-0.2, 0) is 99.5 Å². The van der Waals surface area contributed by atoms with E-state index < -0.39 is 98.6 Å². The van der Waals surface area contributed by atoms with Gasteiger partial charge in [-0.25, -0.2) is 0 Å². The van der Waals surface area contributed by atoms with Crippen LogP contribution in [0.4, 0.5) is 11.4 Å². The minimum Gasteiger partial charge on any atom is -0.382 e. The Labute approximate surface area is 523 Å². The number of allylic oxidation sites excluding steroid dienone is 8. The maximum Gasteiger partial charge on any atom is 0.295 e. The zero-order valence-electron chi connectivity index (χ0n) is 50.0. The van der Waals surface area contributed by atoms with E-state index in [0.717, 1.165) is 17.0 Å². The van der Waals surface area contributed by atoms with E-state index in [4.69, 9.17) is 23.7 Å². The summed E-state index contributed by atoms with van der Waals surface area (Å²) in [7, 11) is -21.9. The summed E-state index contributed by atoms with van der Waals surface area (Å²) in [6.45, 7) is 5.64. The van der Waals surface area contributed by atoms with Crippen LogP contribution in [0.3, 0.4) is 0 Å². The maximum atomic E-state index is 13.0. The van der Waals surface area contributed by atoms with Gasteiger partial charge in [-0.3, -0.25) is 42.0 Å². The molecule has 31 heteroatoms. The largest absolute Gasteiger partial charge is 0.382 e. The minimum absolute atomic E-state index is 0.000522. The fourth-order valence-electron chi connectivity index (χ4n) is 11.8. The van der Waals surface area contributed by atoms with Gasteiger partial charge in [0.2, 0.25) is 17.5 Å². The zero-order chi connectivity index (χ0) is 66.0. The quantitative estimate of drug-likeness (QED) is 0.0110. The minimum atomic E-state index is -5.11. The number of imide groups is 1. The molecule has 0 saturated carbocycles. The monoisotopic (exact) mass is 1350 g/mol. The Balaban J connectivity index is 1.28. The van der Waals surface area contributed by atoms with E-state index in [1.807, 2.05) is 16.4 Å². The molecular weight excluding hydrogens is 1280 g/mol. The lowest BCUT2D eigenvalue weighted by molar-refractivity contribution is -0.441. The van der Waals surface area contributed by atoms with Crippen molar-refractivity contribution >= 4 is 107 Å². The van der Waals surface area contributed by atoms with Gasteiger partial charge in [0, 0.05) is 91.9 Å². The van der Waals surface area contributed by atoms with Gasteiger partial charge in [-0.15, -0.1) is 0 Å². The first kappa shape index (κ1) is 71.4. The maximum absolute atomic E-state index is 13.0. The Bertz CT molecular complexity index is 4150. The molecule has 4 aromatic carbocycles. The van der Waals surface area contributed by atoms with Gasteiger partial charge in [-0.2, -0.15) is 46.7 Å². The summed E-state index contributed by atoms with van der Waals surface area (Å²) in [6.07, 6.45) is 13.4. The van der Waals surface area contributed by atoms with Crippen molar-refractivity contribution in [2.45, 2.75) is 102 Å². The lowest BCUT2D eigenvalue weighted by Crippen LogP contribution is -2.34. The topological polar surface area (TPSA) is 379 Å². The Morgan fingerprint density at radius 3 is 1.66 bits per heavy atom. The van der Waals surface area contributed by atoms with Crippen molar-refractivity contribution in [3.05, 3.63) is 108 Å². The molecule has 0 spiro atoms. The summed E-state index contributed by atoms with van der Waals surface area (Å²) in [4.78, 5) is 37.1. The predicted octanol–water partition coefficient (Wildman–Crippen LogP) is 6.35. The van der Waals surface area contributed by atoms with E-state index in [9.17, 15) is 79.2 Å². The highest BCUT2D eigenvalue weighted by Gasteiger charge is 2.50. The predicted molar refractivity (Wildman–Crippen MR) is 330 cm³/mol. The normalized spacial score (nSPS) is 19.0. The summed E-state index contributed by atoms with van der Waals surface area (Å²) < 4.78 is 207. The molecule has 3 heterocycles. The van der Waals surface area contributed by atoms with E-state index in [1.165, 1.54) is 19.2 Å². The number of rotatable bonds is 35. The van der Waals surface area contributed by atoms with Gasteiger partial charge >= 0.3 is 0 Å². The lowest BCUT2D eigenvalue weighted by Gasteiger charge is -2.31. The van der Waals surface area contributed by atoms with Crippen LogP contribution < -0.4 is 4.90 Å². The third-order valence-electron chi connectivity index (χ3n) is 15.9. The second-order valence-electron chi connectivity index (χ2n) is 22.1. The highest BCUT2D eigenvalue weighted by atomic mass is 32.2. The molecule has 0 radical (unpaired) electrons. The molecule has 2 atom stereocenters. The van der Waals surface area contributed by atoms with E-state index in [1.54, 1.807) is 68.7 Å². The Morgan fingerprint density at radius 1 is 0.567 bits per heavy atom. The molecule has 0 bridgehead atoms. The number of ketones is 1. The Morgan fingerprint density at radius 2 is 1.10 bits per heavy atom. The van der Waals surface area contributed by atoms with Crippen LogP contribution in [0.15, 0.2) is 116 Å². The van der Waals surface area contributed by atoms with E-state index in [0.29, 0.717) is 85.1 Å². The van der Waals surface area contributed by atoms with Crippen molar-refractivity contribution in [3.8, 4) is 0 Å². The third-order valence-corrected chi connectivity index (χ3v) is 20.2. The number of ether oxygens (including phenoxy) is 5. The van der Waals surface area contributed by atoms with Crippen LogP contribution in [0, 0.1) is 0 Å². The number of nitrogens with zero attached hydrogens (tertiary/aromatic N) is 3. The van der Waals surface area contributed by atoms with Crippen molar-refractivity contribution < 1.29 is 107 Å². The van der Waals surface area contributed by atoms with Gasteiger partial charge in [-0.1, -0.05) is 42.9 Å². The van der Waals surface area contributed by atoms with Gasteiger partial charge < -0.3 is 28.6 Å². The molecule has 2 amide bonds. The van der Waals surface area contributed by atoms with Crippen LogP contribution >= 0.6 is 0 Å². The highest BCUT2D eigenvalue weighted by molar-refractivity contribution is 7.87. The van der Waals surface area contributed by atoms with E-state index >= 15 is 0 Å². The first-order chi connectivity index (χ1) is 42.3. The number of likely N-dealkylation sites (tertiary alicyclic amines) is 1. The summed E-state index contributed by atoms with van der Waals surface area (Å²) >= 11 is 0. The molecule has 4 aromatic rings. The average molecular weight is 1350 g/mol. The number of Topliss-reactive ketones (excluding diaryl/α,β-unsaturated/α-hetero) is 1. The van der Waals surface area contributed by atoms with Crippen molar-refractivity contribution in [1.82, 2.24) is 4.90 Å². The number of hydrogen-bond donors (Lipinski definition) is 5. The molecular formula is C59H74N3O23S5+. The first-order valence-electron chi connectivity index (χ1n) is 28.5. The van der Waals surface area contributed by atoms with Crippen LogP contribution in [0.25, 0.3) is 21.5 Å². The van der Waals surface area contributed by atoms with Gasteiger partial charge in [0.25, 0.3) is 50.6 Å². The molecule has 90 heavy (non-hydrogen) atoms. The van der Waals surface area contributed by atoms with Crippen LogP contribution in [-0.4, -0.2) is 190 Å². The van der Waals surface area contributed by atoms with Gasteiger partial charge in [0.15, 0.2) is 18.0 Å². The number of carbonyl (C=O) groups excluding carboxylic acids is 3. The number of methoxy groups -OCH3 is 2. The number of hydrogen-bond acceptors (Lipinski definition) is 19. The molecule has 0 aromatic heterocycles. The molecule has 2 unspecified atom stereocenters. The summed E-state index contributed by atoms with van der Waals surface area (Å²) in [5.74, 6) is -1.77. The number of carbonyl (C=O) groups is 3. The molecule has 26 nitrogen and oxygen atoms in total. The molecule has 5 N–H and O–H groups in total. The number of benzene rings is 4. The van der Waals surface area contributed by atoms with E-state index in [-0.39, 0.29) is 119 Å². The molecule has 3 aliphatic rings. The van der Waals surface area contributed by atoms with Gasteiger partial charge in [0.1, 0.15) is 16.4 Å². The summed E-state index contributed by atoms with van der Waals surface area (Å²) in [5.41, 5.74) is 0.354. The molecule has 492 valence electrons. The van der Waals surface area contributed by atoms with Gasteiger partial charge in [-0.05, 0) is 105 Å². The zero-order valence-corrected chi connectivity index (χ0v) is 54.1. The first-order valence-corrected chi connectivity index (χ1v) is 35.9. The smallest absolute Gasteiger partial charge is 0.295 e. The van der Waals surface area contributed by atoms with Crippen LogP contribution in [0.1, 0.15) is 82.8 Å². The third kappa shape index (κ3) is 17.2. The van der Waals surface area contributed by atoms with Crippen molar-refractivity contribution in [1.29, 1.82) is 0 Å². The van der Waals surface area contributed by atoms with Crippen LogP contribution in [0.2, 0.25) is 0 Å². The second-order valence-corrected chi connectivity index (χ2v) is 29.3. The molecule has 7 rings (SSSR count). The lowest BCUT2D eigenvalue weighted by atomic mass is 9.74. The van der Waals surface area contributed by atoms with E-state index in [2.05, 4.69) is 0 Å². The highest BCUT2D eigenvalue weighted by Crippen LogP contribution is 2.54. The SMILES string of the molecule is COCCOCCOCCOCCC1(C)\C(=C/C=C/C=C/C=C/C2=[N+](CCOC)c3ccc4c(S(=O)(=O)O)cc(S(=O)(=O)O)cc4c3C2(C)CCCS(=O)(=O)O)N(CCCCCC(=O)CN2C(=O)CCC2=O)c2ccc3c(S(=O)(=O)O)cc(S(=O)(=O)O)cc3c21. The number of amides is 2. The Hall–Kier alpha value is -6.01. The fourth-order valence-corrected chi connectivity index (χ4v) is 15.0. The summed E-state index contributed by atoms with van der Waals surface area (Å²) in [5, 5.41) is -0.0727. The molecule has 1 fully saturated rings. The number of fused-ring (bicyclic) bond motifs is 6. The van der Waals surface area contributed by atoms with Crippen molar-refractivity contribution in [3.63, 3.8) is 0 Å². The number of unbranched alkanes of at least 4 members (excludes halogenated alkanes) is 2. The van der Waals surface area contributed by atoms with Gasteiger partial charge in [0.05, 0.1) is 67.1 Å². The summed E-state index contributed by atoms with van der Waals surface area (Å²) in [6, 6.07) is 9.48. The standard InChI is InChI=1S/C59H73N3O23S5/c1-58(23-13-35-86(66,67)68)52(61(26-28-81-3)49-20-18-44-46(56(49)58)36-42(87(69,70)71)38-50(44)89(75,76)77)15-10-6-5-7-11-16-53-59(2,24-27-83-31-32-85-34-33-84-30-29-82-4)57-47-37-43(88(72,73)74)39-51(90(78,79)80)45(47)17-19-48(57)60(53)25-12-8-9-14-41(63)40-62-54(64)21-22-55(62)65/h5-7,10-11,15-20,36-39H,8-9,12-14,21-35,40H2,1-4H3,(H4-,66,67,68,69,70,71,72,73,74,75,76,77,78,79,80)/p+1. The Kier molecular flexibility index (Phi) is 23.6. The van der Waals surface area contributed by atoms with Crippen molar-refractivity contribution in [2.75, 3.05) is 97.4 Å². The van der Waals surface area contributed by atoms with Crippen LogP contribution in [0.5, 0.6) is 0 Å².